The van der Waals surface area contributed by atoms with Crippen molar-refractivity contribution in [3.05, 3.63) is 6.92 Å². The Morgan fingerprint density at radius 1 is 0.619 bits per heavy atom. The van der Waals surface area contributed by atoms with Gasteiger partial charge >= 0.3 is 17.6 Å². The van der Waals surface area contributed by atoms with Crippen LogP contribution in [-0.2, 0) is 0 Å². The summed E-state index contributed by atoms with van der Waals surface area (Å²) < 4.78 is 0. The van der Waals surface area contributed by atoms with Crippen LogP contribution in [0.1, 0.15) is 38.5 Å². The second-order valence-electron chi connectivity index (χ2n) is 7.22. The van der Waals surface area contributed by atoms with Gasteiger partial charge in [0.25, 0.3) is 0 Å². The number of hydrogen-bond acceptors (Lipinski definition) is 3. The summed E-state index contributed by atoms with van der Waals surface area (Å²) in [5.74, 6) is 0. The van der Waals surface area contributed by atoms with Crippen molar-refractivity contribution in [3.8, 4) is 0 Å². The Balaban J connectivity index is 0. The van der Waals surface area contributed by atoms with E-state index in [-0.39, 0.29) is 23.0 Å². The molecule has 0 fully saturated rings. The zero-order valence-corrected chi connectivity index (χ0v) is 14.9. The van der Waals surface area contributed by atoms with Gasteiger partial charge in [-0.2, -0.15) is 0 Å². The van der Waals surface area contributed by atoms with Crippen LogP contribution in [0.25, 0.3) is 0 Å². The molecule has 0 spiro atoms. The maximum atomic E-state index is 4.60. The molecule has 0 aliphatic rings. The van der Waals surface area contributed by atoms with E-state index in [1.54, 1.807) is 0 Å². The van der Waals surface area contributed by atoms with Crippen LogP contribution in [0.3, 0.4) is 0 Å². The summed E-state index contributed by atoms with van der Waals surface area (Å²) in [7, 11) is 12.9. The van der Waals surface area contributed by atoms with E-state index in [2.05, 4.69) is 63.9 Å². The van der Waals surface area contributed by atoms with Crippen LogP contribution in [0.2, 0.25) is 0 Å². The summed E-state index contributed by atoms with van der Waals surface area (Å²) in [6.07, 6.45) is 7.56. The first kappa shape index (κ1) is 23.7. The number of nitrogens with zero attached hydrogens (tertiary/aromatic N) is 3. The van der Waals surface area contributed by atoms with Gasteiger partial charge in [0.05, 0.1) is 0 Å². The third-order valence-corrected chi connectivity index (χ3v) is 3.94. The number of hydrogen-bond donors (Lipinski definition) is 0. The van der Waals surface area contributed by atoms with E-state index in [1.807, 2.05) is 0 Å². The molecular weight excluding hydrogens is 319 g/mol. The molecule has 0 bridgehead atoms. The maximum absolute atomic E-state index is 4.60. The first-order chi connectivity index (χ1) is 9.25. The fraction of sp³-hybridized carbons (Fsp3) is 0.941. The zero-order valence-electron chi connectivity index (χ0n) is 14.9. The van der Waals surface area contributed by atoms with Gasteiger partial charge in [0, 0.05) is 0 Å². The van der Waals surface area contributed by atoms with Crippen molar-refractivity contribution >= 4 is 17.6 Å². The molecule has 0 atom stereocenters. The molecule has 0 unspecified atom stereocenters. The van der Waals surface area contributed by atoms with E-state index in [0.29, 0.717) is 0 Å². The van der Waals surface area contributed by atoms with Gasteiger partial charge in [-0.05, 0) is 113 Å². The topological polar surface area (TPSA) is 9.72 Å². The van der Waals surface area contributed by atoms with E-state index in [4.69, 9.17) is 0 Å². The Morgan fingerprint density at radius 3 is 1.05 bits per heavy atom. The van der Waals surface area contributed by atoms with Crippen LogP contribution >= 0.6 is 0 Å². The molecule has 0 amide bonds. The summed E-state index contributed by atoms with van der Waals surface area (Å²) >= 11 is 0. The average molecular weight is 361 g/mol. The first-order valence-corrected chi connectivity index (χ1v) is 8.05. The van der Waals surface area contributed by atoms with Gasteiger partial charge in [0.1, 0.15) is 0 Å². The van der Waals surface area contributed by atoms with E-state index in [9.17, 15) is 0 Å². The van der Waals surface area contributed by atoms with Crippen LogP contribution in [0.4, 0.5) is 0 Å². The quantitative estimate of drug-likeness (QED) is 0.487. The molecule has 0 aliphatic carbocycles. The van der Waals surface area contributed by atoms with E-state index >= 15 is 0 Å². The van der Waals surface area contributed by atoms with E-state index in [1.165, 1.54) is 58.2 Å². The standard InChI is InChI=1S/C17H38N3.GeH4/c1-17(11-8-14-18(2)3,12-9-15-19(4)5)13-10-16-20(6)7;/h1,8-16H2,2-7H3;1H4. The van der Waals surface area contributed by atoms with Gasteiger partial charge in [-0.1, -0.05) is 0 Å². The molecule has 4 heteroatoms. The molecule has 129 valence electrons. The summed E-state index contributed by atoms with van der Waals surface area (Å²) in [6, 6.07) is 0. The predicted molar refractivity (Wildman–Crippen MR) is 102 cm³/mol. The second-order valence-corrected chi connectivity index (χ2v) is 7.22. The van der Waals surface area contributed by atoms with Gasteiger partial charge < -0.3 is 14.7 Å². The summed E-state index contributed by atoms with van der Waals surface area (Å²) in [6.45, 7) is 8.14. The molecule has 0 heterocycles. The second kappa shape index (κ2) is 12.9. The average Bonchev–Trinajstić information content (AvgIpc) is 2.27. The molecular formula is C17H42GeN3. The Bertz CT molecular complexity index is 194. The van der Waals surface area contributed by atoms with Crippen molar-refractivity contribution in [3.63, 3.8) is 0 Å². The molecule has 0 aromatic rings. The third-order valence-electron chi connectivity index (χ3n) is 3.94. The van der Waals surface area contributed by atoms with Crippen LogP contribution in [0.15, 0.2) is 0 Å². The SMILES string of the molecule is [CH2]C(CCCN(C)C)(CCCN(C)C)CCCN(C)C.[GeH4]. The van der Waals surface area contributed by atoms with Crippen molar-refractivity contribution in [1.82, 2.24) is 14.7 Å². The minimum absolute atomic E-state index is 0. The molecule has 0 aromatic carbocycles. The Kier molecular flexibility index (Phi) is 14.6. The van der Waals surface area contributed by atoms with Crippen LogP contribution in [0, 0.1) is 12.3 Å². The molecule has 0 rings (SSSR count). The van der Waals surface area contributed by atoms with Gasteiger partial charge in [-0.15, -0.1) is 0 Å². The first-order valence-electron chi connectivity index (χ1n) is 8.05. The van der Waals surface area contributed by atoms with Crippen molar-refractivity contribution in [2.45, 2.75) is 38.5 Å². The van der Waals surface area contributed by atoms with Crippen LogP contribution in [-0.4, -0.2) is 94.2 Å². The van der Waals surface area contributed by atoms with E-state index in [0.717, 1.165) is 0 Å². The normalized spacial score (nSPS) is 12.3. The molecule has 0 saturated carbocycles. The zero-order chi connectivity index (χ0) is 15.6. The van der Waals surface area contributed by atoms with Crippen LogP contribution < -0.4 is 0 Å². The predicted octanol–water partition coefficient (Wildman–Crippen LogP) is 1.38. The molecule has 0 aliphatic heterocycles. The van der Waals surface area contributed by atoms with Gasteiger partial charge in [0.15, 0.2) is 0 Å². The van der Waals surface area contributed by atoms with Crippen LogP contribution in [0.5, 0.6) is 0 Å². The van der Waals surface area contributed by atoms with Crippen molar-refractivity contribution in [1.29, 1.82) is 0 Å². The molecule has 0 saturated heterocycles. The minimum atomic E-state index is 0. The van der Waals surface area contributed by atoms with Gasteiger partial charge in [-0.3, -0.25) is 0 Å². The monoisotopic (exact) mass is 362 g/mol. The van der Waals surface area contributed by atoms with Crippen molar-refractivity contribution in [2.24, 2.45) is 5.41 Å². The summed E-state index contributed by atoms with van der Waals surface area (Å²) in [4.78, 5) is 6.83. The summed E-state index contributed by atoms with van der Waals surface area (Å²) in [5, 5.41) is 0. The Labute approximate surface area is 145 Å². The van der Waals surface area contributed by atoms with Gasteiger partial charge in [-0.25, -0.2) is 0 Å². The molecule has 1 radical (unpaired) electrons. The molecule has 21 heavy (non-hydrogen) atoms. The van der Waals surface area contributed by atoms with Crippen molar-refractivity contribution in [2.75, 3.05) is 61.9 Å². The van der Waals surface area contributed by atoms with Gasteiger partial charge in [0.2, 0.25) is 0 Å². The fourth-order valence-corrected chi connectivity index (χ4v) is 2.69. The van der Waals surface area contributed by atoms with E-state index < -0.39 is 0 Å². The third kappa shape index (κ3) is 15.1. The Morgan fingerprint density at radius 2 is 0.857 bits per heavy atom. The molecule has 0 N–H and O–H groups in total. The molecule has 3 nitrogen and oxygen atoms in total. The Hall–Kier alpha value is 0.423. The fourth-order valence-electron chi connectivity index (χ4n) is 2.69. The van der Waals surface area contributed by atoms with Crippen molar-refractivity contribution < 1.29 is 0 Å². The molecule has 0 aromatic heterocycles. The summed E-state index contributed by atoms with van der Waals surface area (Å²) in [5.41, 5.74) is 0.280. The number of rotatable bonds is 12.